The number of benzene rings is 1. The molecule has 1 saturated heterocycles. The van der Waals surface area contributed by atoms with Gasteiger partial charge >= 0.3 is 0 Å². The van der Waals surface area contributed by atoms with Crippen molar-refractivity contribution in [3.8, 4) is 11.5 Å². The van der Waals surface area contributed by atoms with E-state index < -0.39 is 9.84 Å². The zero-order chi connectivity index (χ0) is 18.9. The van der Waals surface area contributed by atoms with Gasteiger partial charge in [0.15, 0.2) is 15.0 Å². The van der Waals surface area contributed by atoms with E-state index in [4.69, 9.17) is 14.5 Å². The van der Waals surface area contributed by atoms with E-state index in [0.717, 1.165) is 16.6 Å². The van der Waals surface area contributed by atoms with Gasteiger partial charge in [0.05, 0.1) is 43.5 Å². The fraction of sp³-hybridized carbons (Fsp3) is 0.500. The van der Waals surface area contributed by atoms with Crippen molar-refractivity contribution in [1.82, 2.24) is 0 Å². The lowest BCUT2D eigenvalue weighted by molar-refractivity contribution is 0.394. The molecule has 2 heterocycles. The Labute approximate surface area is 159 Å². The van der Waals surface area contributed by atoms with E-state index in [9.17, 15) is 8.42 Å². The first-order chi connectivity index (χ1) is 12.3. The second kappa shape index (κ2) is 7.52. The molecule has 0 unspecified atom stereocenters. The van der Waals surface area contributed by atoms with Crippen molar-refractivity contribution in [3.63, 3.8) is 0 Å². The number of anilines is 1. The van der Waals surface area contributed by atoms with Crippen molar-refractivity contribution >= 4 is 32.5 Å². The van der Waals surface area contributed by atoms with Gasteiger partial charge in [0.2, 0.25) is 0 Å². The molecule has 1 fully saturated rings. The highest BCUT2D eigenvalue weighted by Gasteiger charge is 2.47. The van der Waals surface area contributed by atoms with Crippen LogP contribution in [0.15, 0.2) is 34.8 Å². The summed E-state index contributed by atoms with van der Waals surface area (Å²) in [5, 5.41) is 0.843. The third-order valence-electron chi connectivity index (χ3n) is 4.46. The Balaban J connectivity index is 1.97. The maximum Gasteiger partial charge on any atom is 0.164 e. The average molecular weight is 397 g/mol. The molecule has 0 spiro atoms. The Morgan fingerprint density at radius 2 is 2.08 bits per heavy atom. The number of hydrogen-bond donors (Lipinski definition) is 0. The fourth-order valence-electron chi connectivity index (χ4n) is 3.18. The van der Waals surface area contributed by atoms with Crippen LogP contribution in [0.4, 0.5) is 5.69 Å². The lowest BCUT2D eigenvalue weighted by atomic mass is 10.1. The average Bonchev–Trinajstić information content (AvgIpc) is 3.05. The van der Waals surface area contributed by atoms with Gasteiger partial charge in [0.25, 0.3) is 0 Å². The predicted molar refractivity (Wildman–Crippen MR) is 108 cm³/mol. The molecular weight excluding hydrogens is 372 g/mol. The van der Waals surface area contributed by atoms with Crippen molar-refractivity contribution in [2.24, 2.45) is 4.99 Å². The zero-order valence-corrected chi connectivity index (χ0v) is 17.1. The molecule has 0 radical (unpaired) electrons. The Hall–Kier alpha value is -1.67. The van der Waals surface area contributed by atoms with Gasteiger partial charge in [-0.15, -0.1) is 0 Å². The quantitative estimate of drug-likeness (QED) is 0.713. The van der Waals surface area contributed by atoms with E-state index in [-0.39, 0.29) is 23.6 Å². The molecule has 1 aromatic rings. The molecule has 0 amide bonds. The van der Waals surface area contributed by atoms with Gasteiger partial charge in [-0.25, -0.2) is 8.42 Å². The Bertz CT molecular complexity index is 845. The number of aliphatic imine (C=N–C) groups is 1. The number of rotatable bonds is 5. The minimum Gasteiger partial charge on any atom is -0.497 e. The lowest BCUT2D eigenvalue weighted by Crippen LogP contribution is -2.39. The molecule has 0 aromatic heterocycles. The molecule has 0 aliphatic carbocycles. The molecule has 0 saturated carbocycles. The number of methoxy groups -OCH3 is 2. The minimum absolute atomic E-state index is 0.110. The largest absolute Gasteiger partial charge is 0.497 e. The number of fused-ring (bicyclic) bond motifs is 1. The van der Waals surface area contributed by atoms with Crippen LogP contribution in [0.25, 0.3) is 0 Å². The highest BCUT2D eigenvalue weighted by atomic mass is 32.2. The zero-order valence-electron chi connectivity index (χ0n) is 15.4. The SMILES string of the molecule is COc1ccc(N2C(SCC=C(C)C)=N[C@@H]3CS(=O)(=O)C[C@@H]32)c(OC)c1. The summed E-state index contributed by atoms with van der Waals surface area (Å²) in [5.74, 6) is 2.35. The van der Waals surface area contributed by atoms with Crippen LogP contribution in [-0.2, 0) is 9.84 Å². The van der Waals surface area contributed by atoms with Crippen LogP contribution in [0.5, 0.6) is 11.5 Å². The van der Waals surface area contributed by atoms with Gasteiger partial charge in [0.1, 0.15) is 11.5 Å². The van der Waals surface area contributed by atoms with E-state index in [1.54, 1.807) is 26.0 Å². The minimum atomic E-state index is -3.07. The number of amidine groups is 1. The first-order valence-electron chi connectivity index (χ1n) is 8.40. The molecule has 3 rings (SSSR count). The van der Waals surface area contributed by atoms with E-state index in [0.29, 0.717) is 11.5 Å². The monoisotopic (exact) mass is 396 g/mol. The number of sulfone groups is 1. The Morgan fingerprint density at radius 1 is 1.31 bits per heavy atom. The Kier molecular flexibility index (Phi) is 5.53. The second-order valence-corrected chi connectivity index (χ2v) is 9.76. The summed E-state index contributed by atoms with van der Waals surface area (Å²) in [6.45, 7) is 4.12. The van der Waals surface area contributed by atoms with Crippen molar-refractivity contribution in [2.45, 2.75) is 25.9 Å². The van der Waals surface area contributed by atoms with Crippen LogP contribution in [-0.4, -0.2) is 57.1 Å². The maximum atomic E-state index is 12.1. The summed E-state index contributed by atoms with van der Waals surface area (Å²) in [4.78, 5) is 6.75. The van der Waals surface area contributed by atoms with E-state index in [1.165, 1.54) is 5.57 Å². The van der Waals surface area contributed by atoms with Crippen molar-refractivity contribution in [2.75, 3.05) is 36.4 Å². The fourth-order valence-corrected chi connectivity index (χ4v) is 6.17. The normalized spacial score (nSPS) is 23.4. The van der Waals surface area contributed by atoms with Crippen LogP contribution < -0.4 is 14.4 Å². The van der Waals surface area contributed by atoms with Crippen LogP contribution in [0.2, 0.25) is 0 Å². The number of allylic oxidation sites excluding steroid dienone is 1. The molecule has 2 atom stereocenters. The molecule has 26 heavy (non-hydrogen) atoms. The lowest BCUT2D eigenvalue weighted by Gasteiger charge is -2.28. The highest BCUT2D eigenvalue weighted by molar-refractivity contribution is 8.14. The number of thioether (sulfide) groups is 1. The van der Waals surface area contributed by atoms with E-state index >= 15 is 0 Å². The number of nitrogens with zero attached hydrogens (tertiary/aromatic N) is 2. The first-order valence-corrected chi connectivity index (χ1v) is 11.2. The highest BCUT2D eigenvalue weighted by Crippen LogP contribution is 2.40. The third-order valence-corrected chi connectivity index (χ3v) is 7.05. The smallest absolute Gasteiger partial charge is 0.164 e. The summed E-state index contributed by atoms with van der Waals surface area (Å²) < 4.78 is 35.1. The van der Waals surface area contributed by atoms with Crippen LogP contribution >= 0.6 is 11.8 Å². The van der Waals surface area contributed by atoms with Gasteiger partial charge in [-0.3, -0.25) is 4.99 Å². The molecule has 1 aromatic carbocycles. The molecule has 6 nitrogen and oxygen atoms in total. The van der Waals surface area contributed by atoms with Crippen molar-refractivity contribution in [3.05, 3.63) is 29.8 Å². The van der Waals surface area contributed by atoms with Gasteiger partial charge in [-0.05, 0) is 26.0 Å². The summed E-state index contributed by atoms with van der Waals surface area (Å²) in [7, 11) is 0.133. The molecule has 142 valence electrons. The molecular formula is C18H24N2O4S2. The molecule has 8 heteroatoms. The number of ether oxygens (including phenoxy) is 2. The van der Waals surface area contributed by atoms with Gasteiger partial charge in [0, 0.05) is 11.8 Å². The van der Waals surface area contributed by atoms with Crippen LogP contribution in [0.1, 0.15) is 13.8 Å². The molecule has 2 aliphatic heterocycles. The van der Waals surface area contributed by atoms with E-state index in [1.807, 2.05) is 23.1 Å². The third kappa shape index (κ3) is 3.86. The van der Waals surface area contributed by atoms with Gasteiger partial charge < -0.3 is 14.4 Å². The van der Waals surface area contributed by atoms with Crippen molar-refractivity contribution < 1.29 is 17.9 Å². The summed E-state index contributed by atoms with van der Waals surface area (Å²) in [5.41, 5.74) is 2.06. The van der Waals surface area contributed by atoms with Gasteiger partial charge in [-0.1, -0.05) is 23.4 Å². The molecule has 0 bridgehead atoms. The van der Waals surface area contributed by atoms with E-state index in [2.05, 4.69) is 19.9 Å². The molecule has 2 aliphatic rings. The standard InChI is InChI=1S/C18H24N2O4S2/c1-12(2)7-8-25-18-19-14-10-26(21,22)11-16(14)20(18)15-6-5-13(23-3)9-17(15)24-4/h5-7,9,14,16H,8,10-11H2,1-4H3/t14-,16+/m1/s1. The van der Waals surface area contributed by atoms with Gasteiger partial charge in [-0.2, -0.15) is 0 Å². The topological polar surface area (TPSA) is 68.2 Å². The second-order valence-electron chi connectivity index (χ2n) is 6.62. The first kappa shape index (κ1) is 19.1. The van der Waals surface area contributed by atoms with Crippen LogP contribution in [0, 0.1) is 0 Å². The Morgan fingerprint density at radius 3 is 2.73 bits per heavy atom. The summed E-state index contributed by atoms with van der Waals surface area (Å²) in [6, 6.07) is 5.16. The summed E-state index contributed by atoms with van der Waals surface area (Å²) in [6.07, 6.45) is 2.14. The summed E-state index contributed by atoms with van der Waals surface area (Å²) >= 11 is 1.62. The predicted octanol–water partition coefficient (Wildman–Crippen LogP) is 2.74. The van der Waals surface area contributed by atoms with Crippen molar-refractivity contribution in [1.29, 1.82) is 0 Å². The molecule has 0 N–H and O–H groups in total. The van der Waals surface area contributed by atoms with Crippen LogP contribution in [0.3, 0.4) is 0 Å². The number of hydrogen-bond acceptors (Lipinski definition) is 7. The maximum absolute atomic E-state index is 12.1.